The van der Waals surface area contributed by atoms with Gasteiger partial charge >= 0.3 is 0 Å². The molecule has 0 aliphatic heterocycles. The van der Waals surface area contributed by atoms with Gasteiger partial charge in [0.1, 0.15) is 5.56 Å². The predicted molar refractivity (Wildman–Crippen MR) is 110 cm³/mol. The SMILES string of the molecule is CCN(CC)S(=O)(=O)c1ccc(CNC(=O)c2cnn3c(C)cc(C)nc23)cc1. The van der Waals surface area contributed by atoms with E-state index in [0.29, 0.717) is 24.3 Å². The van der Waals surface area contributed by atoms with Crippen LogP contribution in [0.1, 0.15) is 41.2 Å². The van der Waals surface area contributed by atoms with Crippen molar-refractivity contribution in [3.63, 3.8) is 0 Å². The molecule has 1 N–H and O–H groups in total. The van der Waals surface area contributed by atoms with Crippen LogP contribution in [0.5, 0.6) is 0 Å². The molecule has 0 aliphatic rings. The van der Waals surface area contributed by atoms with Crippen molar-refractivity contribution in [3.05, 3.63) is 59.0 Å². The van der Waals surface area contributed by atoms with Crippen LogP contribution < -0.4 is 5.32 Å². The summed E-state index contributed by atoms with van der Waals surface area (Å²) in [7, 11) is -3.49. The zero-order valence-electron chi connectivity index (χ0n) is 17.0. The third kappa shape index (κ3) is 4.15. The number of carbonyl (C=O) groups excluding carboxylic acids is 1. The first-order chi connectivity index (χ1) is 13.8. The molecule has 154 valence electrons. The molecule has 2 heterocycles. The monoisotopic (exact) mass is 415 g/mol. The van der Waals surface area contributed by atoms with Gasteiger partial charge < -0.3 is 5.32 Å². The van der Waals surface area contributed by atoms with Gasteiger partial charge in [-0.25, -0.2) is 17.9 Å². The summed E-state index contributed by atoms with van der Waals surface area (Å²) in [5.74, 6) is -0.280. The average Bonchev–Trinajstić information content (AvgIpc) is 3.11. The Morgan fingerprint density at radius 2 is 1.79 bits per heavy atom. The lowest BCUT2D eigenvalue weighted by Crippen LogP contribution is -2.30. The molecule has 0 atom stereocenters. The molecule has 0 spiro atoms. The minimum Gasteiger partial charge on any atom is -0.348 e. The number of aryl methyl sites for hydroxylation is 2. The van der Waals surface area contributed by atoms with E-state index in [-0.39, 0.29) is 17.3 Å². The number of rotatable bonds is 7. The first-order valence-electron chi connectivity index (χ1n) is 9.47. The van der Waals surface area contributed by atoms with Crippen LogP contribution in [0.3, 0.4) is 0 Å². The third-order valence-electron chi connectivity index (χ3n) is 4.74. The molecule has 0 unspecified atom stereocenters. The summed E-state index contributed by atoms with van der Waals surface area (Å²) in [6, 6.07) is 8.45. The van der Waals surface area contributed by atoms with Crippen LogP contribution in [0.4, 0.5) is 0 Å². The highest BCUT2D eigenvalue weighted by Gasteiger charge is 2.21. The smallest absolute Gasteiger partial charge is 0.257 e. The molecule has 0 aliphatic carbocycles. The van der Waals surface area contributed by atoms with Crippen molar-refractivity contribution in [2.45, 2.75) is 39.1 Å². The van der Waals surface area contributed by atoms with Crippen LogP contribution in [0.25, 0.3) is 5.65 Å². The van der Waals surface area contributed by atoms with E-state index in [1.54, 1.807) is 28.8 Å². The second-order valence-corrected chi connectivity index (χ2v) is 8.69. The maximum Gasteiger partial charge on any atom is 0.257 e. The first-order valence-corrected chi connectivity index (χ1v) is 10.9. The topological polar surface area (TPSA) is 96.7 Å². The summed E-state index contributed by atoms with van der Waals surface area (Å²) in [6.07, 6.45) is 1.50. The summed E-state index contributed by atoms with van der Waals surface area (Å²) < 4.78 is 28.1. The summed E-state index contributed by atoms with van der Waals surface area (Å²) in [5, 5.41) is 7.07. The summed E-state index contributed by atoms with van der Waals surface area (Å²) in [5.41, 5.74) is 3.43. The highest BCUT2D eigenvalue weighted by Crippen LogP contribution is 2.17. The van der Waals surface area contributed by atoms with E-state index in [4.69, 9.17) is 0 Å². The fraction of sp³-hybridized carbons (Fsp3) is 0.350. The van der Waals surface area contributed by atoms with Crippen molar-refractivity contribution in [1.82, 2.24) is 24.2 Å². The summed E-state index contributed by atoms with van der Waals surface area (Å²) in [6.45, 7) is 8.51. The maximum absolute atomic E-state index is 12.6. The Bertz CT molecular complexity index is 1130. The summed E-state index contributed by atoms with van der Waals surface area (Å²) >= 11 is 0. The molecule has 2 aromatic heterocycles. The second-order valence-electron chi connectivity index (χ2n) is 6.75. The minimum atomic E-state index is -3.49. The molecule has 3 rings (SSSR count). The average molecular weight is 416 g/mol. The molecule has 1 aromatic carbocycles. The van der Waals surface area contributed by atoms with Crippen LogP contribution in [-0.4, -0.2) is 46.3 Å². The van der Waals surface area contributed by atoms with E-state index < -0.39 is 10.0 Å². The van der Waals surface area contributed by atoms with Gasteiger partial charge in [-0.05, 0) is 37.6 Å². The zero-order valence-corrected chi connectivity index (χ0v) is 17.8. The molecule has 3 aromatic rings. The highest BCUT2D eigenvalue weighted by atomic mass is 32.2. The van der Waals surface area contributed by atoms with E-state index >= 15 is 0 Å². The van der Waals surface area contributed by atoms with Gasteiger partial charge in [-0.3, -0.25) is 4.79 Å². The molecule has 0 saturated heterocycles. The highest BCUT2D eigenvalue weighted by molar-refractivity contribution is 7.89. The molecular formula is C20H25N5O3S. The lowest BCUT2D eigenvalue weighted by molar-refractivity contribution is 0.0952. The molecule has 0 saturated carbocycles. The molecule has 8 nitrogen and oxygen atoms in total. The van der Waals surface area contributed by atoms with Crippen molar-refractivity contribution in [2.75, 3.05) is 13.1 Å². The quantitative estimate of drug-likeness (QED) is 0.639. The second kappa shape index (κ2) is 8.30. The van der Waals surface area contributed by atoms with Crippen LogP contribution in [0.15, 0.2) is 41.4 Å². The lowest BCUT2D eigenvalue weighted by Gasteiger charge is -2.18. The number of hydrogen-bond acceptors (Lipinski definition) is 5. The van der Waals surface area contributed by atoms with Gasteiger partial charge in [0.2, 0.25) is 10.0 Å². The van der Waals surface area contributed by atoms with Gasteiger partial charge in [-0.1, -0.05) is 26.0 Å². The standard InChI is InChI=1S/C20H25N5O3S/c1-5-24(6-2)29(27,28)17-9-7-16(8-10-17)12-21-20(26)18-13-22-25-15(4)11-14(3)23-19(18)25/h7-11,13H,5-6,12H2,1-4H3,(H,21,26). The van der Waals surface area contributed by atoms with Crippen molar-refractivity contribution in [3.8, 4) is 0 Å². The van der Waals surface area contributed by atoms with Crippen molar-refractivity contribution < 1.29 is 13.2 Å². The van der Waals surface area contributed by atoms with Gasteiger partial charge in [0.15, 0.2) is 5.65 Å². The number of hydrogen-bond donors (Lipinski definition) is 1. The Morgan fingerprint density at radius 1 is 1.14 bits per heavy atom. The van der Waals surface area contributed by atoms with E-state index in [1.165, 1.54) is 10.5 Å². The zero-order chi connectivity index (χ0) is 21.2. The fourth-order valence-corrected chi connectivity index (χ4v) is 4.66. The Kier molecular flexibility index (Phi) is 5.99. The molecule has 9 heteroatoms. The van der Waals surface area contributed by atoms with Gasteiger partial charge in [-0.2, -0.15) is 9.40 Å². The first kappa shape index (κ1) is 20.9. The number of nitrogens with one attached hydrogen (secondary N) is 1. The Hall–Kier alpha value is -2.78. The molecule has 0 bridgehead atoms. The molecule has 0 radical (unpaired) electrons. The van der Waals surface area contributed by atoms with Crippen LogP contribution in [0, 0.1) is 13.8 Å². The van der Waals surface area contributed by atoms with Gasteiger partial charge in [0.05, 0.1) is 11.1 Å². The van der Waals surface area contributed by atoms with Crippen LogP contribution >= 0.6 is 0 Å². The predicted octanol–water partition coefficient (Wildman–Crippen LogP) is 2.31. The number of fused-ring (bicyclic) bond motifs is 1. The van der Waals surface area contributed by atoms with E-state index in [2.05, 4.69) is 15.4 Å². The Labute approximate surface area is 170 Å². The number of benzene rings is 1. The van der Waals surface area contributed by atoms with E-state index in [9.17, 15) is 13.2 Å². The molecule has 0 fully saturated rings. The number of amides is 1. The van der Waals surface area contributed by atoms with Crippen molar-refractivity contribution in [2.24, 2.45) is 0 Å². The number of sulfonamides is 1. The minimum absolute atomic E-state index is 0.244. The normalized spacial score (nSPS) is 11.9. The molecule has 1 amide bonds. The van der Waals surface area contributed by atoms with Crippen molar-refractivity contribution >= 4 is 21.6 Å². The van der Waals surface area contributed by atoms with Gasteiger partial charge in [-0.15, -0.1) is 0 Å². The number of carbonyl (C=O) groups is 1. The lowest BCUT2D eigenvalue weighted by atomic mass is 10.2. The Morgan fingerprint density at radius 3 is 2.41 bits per heavy atom. The maximum atomic E-state index is 12.6. The van der Waals surface area contributed by atoms with Crippen LogP contribution in [0.2, 0.25) is 0 Å². The van der Waals surface area contributed by atoms with Crippen LogP contribution in [-0.2, 0) is 16.6 Å². The van der Waals surface area contributed by atoms with E-state index in [1.807, 2.05) is 33.8 Å². The summed E-state index contributed by atoms with van der Waals surface area (Å²) in [4.78, 5) is 17.3. The third-order valence-corrected chi connectivity index (χ3v) is 6.81. The van der Waals surface area contributed by atoms with Gasteiger partial charge in [0.25, 0.3) is 5.91 Å². The number of aromatic nitrogens is 3. The molecular weight excluding hydrogens is 390 g/mol. The van der Waals surface area contributed by atoms with Crippen molar-refractivity contribution in [1.29, 1.82) is 0 Å². The Balaban J connectivity index is 1.73. The van der Waals surface area contributed by atoms with E-state index in [0.717, 1.165) is 17.0 Å². The van der Waals surface area contributed by atoms with Gasteiger partial charge in [0, 0.05) is 31.0 Å². The fourth-order valence-electron chi connectivity index (χ4n) is 3.20. The molecule has 29 heavy (non-hydrogen) atoms. The number of nitrogens with zero attached hydrogens (tertiary/aromatic N) is 4. The largest absolute Gasteiger partial charge is 0.348 e.